The van der Waals surface area contributed by atoms with Gasteiger partial charge in [0.05, 0.1) is 15.8 Å². The number of hydrazone groups is 1. The van der Waals surface area contributed by atoms with Gasteiger partial charge < -0.3 is 4.90 Å². The molecule has 1 aromatic heterocycles. The molecule has 0 unspecified atom stereocenters. The molecule has 1 aromatic carbocycles. The number of carbonyl (C=O) groups is 1. The number of rotatable bonds is 2. The number of amides is 1. The predicted molar refractivity (Wildman–Crippen MR) is 82.4 cm³/mol. The van der Waals surface area contributed by atoms with E-state index in [1.54, 1.807) is 24.3 Å². The molecule has 2 aromatic rings. The van der Waals surface area contributed by atoms with Gasteiger partial charge in [-0.1, -0.05) is 23.5 Å². The lowest BCUT2D eigenvalue weighted by atomic mass is 10.1. The number of anilines is 1. The van der Waals surface area contributed by atoms with Gasteiger partial charge in [0, 0.05) is 20.3 Å². The van der Waals surface area contributed by atoms with Gasteiger partial charge in [-0.25, -0.2) is 4.98 Å². The molecular formula is C14H11F3N4OS. The fourth-order valence-electron chi connectivity index (χ4n) is 2.08. The van der Waals surface area contributed by atoms with Crippen LogP contribution in [0, 0.1) is 0 Å². The monoisotopic (exact) mass is 340 g/mol. The van der Waals surface area contributed by atoms with Crippen LogP contribution in [0.5, 0.6) is 0 Å². The number of fused-ring (bicyclic) bond motifs is 1. The summed E-state index contributed by atoms with van der Waals surface area (Å²) in [6.07, 6.45) is -3.61. The van der Waals surface area contributed by atoms with Gasteiger partial charge in [-0.3, -0.25) is 4.79 Å². The van der Waals surface area contributed by atoms with Gasteiger partial charge >= 0.3 is 6.18 Å². The number of para-hydroxylation sites is 1. The van der Waals surface area contributed by atoms with Crippen LogP contribution in [-0.4, -0.2) is 41.8 Å². The maximum absolute atomic E-state index is 13.1. The topological polar surface area (TPSA) is 48.8 Å². The van der Waals surface area contributed by atoms with Crippen molar-refractivity contribution in [2.45, 2.75) is 6.18 Å². The van der Waals surface area contributed by atoms with E-state index in [0.717, 1.165) is 22.2 Å². The average Bonchev–Trinajstić information content (AvgIpc) is 3.00. The van der Waals surface area contributed by atoms with Gasteiger partial charge in [0.2, 0.25) is 5.13 Å². The Balaban J connectivity index is 2.09. The van der Waals surface area contributed by atoms with Crippen LogP contribution < -0.4 is 5.01 Å². The lowest BCUT2D eigenvalue weighted by molar-refractivity contribution is -0.114. The molecule has 0 atom stereocenters. The van der Waals surface area contributed by atoms with E-state index < -0.39 is 23.4 Å². The normalized spacial score (nSPS) is 17.3. The fraction of sp³-hybridized carbons (Fsp3) is 0.214. The zero-order chi connectivity index (χ0) is 16.8. The van der Waals surface area contributed by atoms with Crippen LogP contribution in [0.4, 0.5) is 18.3 Å². The van der Waals surface area contributed by atoms with Crippen molar-refractivity contribution in [1.82, 2.24) is 9.88 Å². The smallest absolute Gasteiger partial charge is 0.383 e. The van der Waals surface area contributed by atoms with Crippen molar-refractivity contribution in [2.24, 2.45) is 5.10 Å². The van der Waals surface area contributed by atoms with Crippen molar-refractivity contribution >= 4 is 38.3 Å². The van der Waals surface area contributed by atoms with Crippen LogP contribution in [0.15, 0.2) is 41.1 Å². The van der Waals surface area contributed by atoms with Crippen molar-refractivity contribution in [3.63, 3.8) is 0 Å². The second kappa shape index (κ2) is 5.34. The predicted octanol–water partition coefficient (Wildman–Crippen LogP) is 3.01. The van der Waals surface area contributed by atoms with E-state index in [1.807, 2.05) is 0 Å². The Morgan fingerprint density at radius 3 is 2.57 bits per heavy atom. The second-order valence-corrected chi connectivity index (χ2v) is 6.04. The number of halogens is 3. The third kappa shape index (κ3) is 2.79. The summed E-state index contributed by atoms with van der Waals surface area (Å²) < 4.78 is 40.2. The summed E-state index contributed by atoms with van der Waals surface area (Å²) >= 11 is 1.11. The van der Waals surface area contributed by atoms with E-state index in [9.17, 15) is 18.0 Å². The van der Waals surface area contributed by atoms with Crippen LogP contribution in [0.25, 0.3) is 10.2 Å². The molecule has 9 heteroatoms. The third-order valence-electron chi connectivity index (χ3n) is 3.00. The van der Waals surface area contributed by atoms with E-state index in [4.69, 9.17) is 0 Å². The molecule has 0 fully saturated rings. The number of benzene rings is 1. The molecule has 0 bridgehead atoms. The maximum atomic E-state index is 13.1. The van der Waals surface area contributed by atoms with Crippen molar-refractivity contribution in [2.75, 3.05) is 19.1 Å². The van der Waals surface area contributed by atoms with Gasteiger partial charge in [0.1, 0.15) is 0 Å². The first-order valence-electron chi connectivity index (χ1n) is 6.52. The summed E-state index contributed by atoms with van der Waals surface area (Å²) in [4.78, 5) is 17.9. The number of hydrogen-bond donors (Lipinski definition) is 0. The molecule has 0 radical (unpaired) electrons. The van der Waals surface area contributed by atoms with Crippen molar-refractivity contribution in [1.29, 1.82) is 0 Å². The zero-order valence-electron chi connectivity index (χ0n) is 12.1. The standard InChI is InChI=1S/C14H11F3N4OS/c1-20(2)7-8-11(14(15,16)17)19-21(12(8)22)13-18-9-5-3-4-6-10(9)23-13/h3-7H,1-2H3/b8-7+. The summed E-state index contributed by atoms with van der Waals surface area (Å²) in [6, 6.07) is 7.06. The molecular weight excluding hydrogens is 329 g/mol. The molecule has 0 saturated heterocycles. The van der Waals surface area contributed by atoms with Gasteiger partial charge in [-0.2, -0.15) is 23.3 Å². The Bertz CT molecular complexity index is 805. The zero-order valence-corrected chi connectivity index (χ0v) is 12.9. The maximum Gasteiger partial charge on any atom is 0.435 e. The first kappa shape index (κ1) is 15.5. The second-order valence-electron chi connectivity index (χ2n) is 5.03. The van der Waals surface area contributed by atoms with E-state index >= 15 is 0 Å². The van der Waals surface area contributed by atoms with Crippen LogP contribution in [0.2, 0.25) is 0 Å². The fourth-order valence-corrected chi connectivity index (χ4v) is 2.99. The van der Waals surface area contributed by atoms with Crippen molar-refractivity contribution in [3.05, 3.63) is 36.0 Å². The number of thiazole rings is 1. The van der Waals surface area contributed by atoms with Crippen LogP contribution >= 0.6 is 11.3 Å². The molecule has 23 heavy (non-hydrogen) atoms. The summed E-state index contributed by atoms with van der Waals surface area (Å²) in [5.41, 5.74) is -1.11. The minimum absolute atomic E-state index is 0.111. The Morgan fingerprint density at radius 2 is 1.96 bits per heavy atom. The molecule has 1 amide bonds. The molecule has 0 N–H and O–H groups in total. The van der Waals surface area contributed by atoms with E-state index in [0.29, 0.717) is 10.5 Å². The number of hydrogen-bond acceptors (Lipinski definition) is 5. The van der Waals surface area contributed by atoms with Crippen LogP contribution in [0.1, 0.15) is 0 Å². The molecule has 0 spiro atoms. The molecule has 120 valence electrons. The Labute approximate surface area is 133 Å². The SMILES string of the molecule is CN(C)/C=C1/C(=O)N(c2nc3ccccc3s2)N=C1C(F)(F)F. The third-order valence-corrected chi connectivity index (χ3v) is 4.01. The largest absolute Gasteiger partial charge is 0.435 e. The highest BCUT2D eigenvalue weighted by Gasteiger charge is 2.47. The Hall–Kier alpha value is -2.42. The lowest BCUT2D eigenvalue weighted by Crippen LogP contribution is -2.27. The van der Waals surface area contributed by atoms with Crippen LogP contribution in [-0.2, 0) is 4.79 Å². The highest BCUT2D eigenvalue weighted by Crippen LogP contribution is 2.35. The molecule has 1 aliphatic heterocycles. The highest BCUT2D eigenvalue weighted by molar-refractivity contribution is 7.22. The Kier molecular flexibility index (Phi) is 3.59. The van der Waals surface area contributed by atoms with Gasteiger partial charge in [0.15, 0.2) is 5.71 Å². The number of carbonyl (C=O) groups excluding carboxylic acids is 1. The first-order valence-corrected chi connectivity index (χ1v) is 7.33. The lowest BCUT2D eigenvalue weighted by Gasteiger charge is -2.09. The highest BCUT2D eigenvalue weighted by atomic mass is 32.1. The molecule has 5 nitrogen and oxygen atoms in total. The van der Waals surface area contributed by atoms with Crippen molar-refractivity contribution in [3.8, 4) is 0 Å². The first-order chi connectivity index (χ1) is 10.8. The molecule has 0 saturated carbocycles. The molecule has 0 aliphatic carbocycles. The summed E-state index contributed by atoms with van der Waals surface area (Å²) in [5, 5.41) is 4.29. The minimum Gasteiger partial charge on any atom is -0.383 e. The van der Waals surface area contributed by atoms with Crippen molar-refractivity contribution < 1.29 is 18.0 Å². The quantitative estimate of drug-likeness (QED) is 0.790. The van der Waals surface area contributed by atoms with Gasteiger partial charge in [-0.15, -0.1) is 0 Å². The molecule has 1 aliphatic rings. The summed E-state index contributed by atoms with van der Waals surface area (Å²) in [7, 11) is 3.07. The van der Waals surface area contributed by atoms with Gasteiger partial charge in [-0.05, 0) is 12.1 Å². The number of nitrogens with zero attached hydrogens (tertiary/aromatic N) is 4. The summed E-state index contributed by atoms with van der Waals surface area (Å²) in [6.45, 7) is 0. The van der Waals surface area contributed by atoms with E-state index in [-0.39, 0.29) is 5.13 Å². The van der Waals surface area contributed by atoms with Crippen LogP contribution in [0.3, 0.4) is 0 Å². The number of alkyl halides is 3. The van der Waals surface area contributed by atoms with E-state index in [2.05, 4.69) is 10.1 Å². The van der Waals surface area contributed by atoms with Gasteiger partial charge in [0.25, 0.3) is 5.91 Å². The molecule has 3 rings (SSSR count). The minimum atomic E-state index is -4.72. The average molecular weight is 340 g/mol. The number of aromatic nitrogens is 1. The summed E-state index contributed by atoms with van der Waals surface area (Å²) in [5.74, 6) is -0.843. The molecule has 2 heterocycles. The Morgan fingerprint density at radius 1 is 1.26 bits per heavy atom. The van der Waals surface area contributed by atoms with E-state index in [1.165, 1.54) is 19.0 Å².